The van der Waals surface area contributed by atoms with Crippen LogP contribution in [0.25, 0.3) is 22.2 Å². The molecule has 15 nitrogen and oxygen atoms in total. The van der Waals surface area contributed by atoms with Gasteiger partial charge in [-0.3, -0.25) is 14.4 Å². The van der Waals surface area contributed by atoms with E-state index in [9.17, 15) is 27.6 Å². The molecule has 54 heavy (non-hydrogen) atoms. The number of amides is 4. The van der Waals surface area contributed by atoms with E-state index in [1.165, 1.54) is 18.1 Å². The standard InChI is InChI=1S/C38H46N6O9S/c1-7-24-21-38(24,35(47)42-54(49,50)43-16-11-17-43)41-33(45)30-19-26(22-44(30)34(46)32(37(2,3)4)40-36(48)52-6)53-31-20-28(23-12-9-8-10-13-23)39-29-18-25(51-5)14-15-27(29)31/h7-10,12-15,18,20,24,26,30,32H,1,11,16-17,19,21-22H2,2-6H3,(H,40,48)(H,41,45)(H,42,47)/t24?,26-,30+,32-,38-/m1/s1. The summed E-state index contributed by atoms with van der Waals surface area (Å²) in [5.74, 6) is -1.63. The SMILES string of the molecule is C=CC1C[C@]1(NC(=O)[C@@H]1C[C@@H](Oc2cc(-c3ccccc3)nc3cc(OC)ccc23)CN1C(=O)[C@@H](NC(=O)OC)C(C)(C)C)C(=O)NS(=O)(=O)N1CCC1. The zero-order valence-electron chi connectivity index (χ0n) is 31.0. The lowest BCUT2D eigenvalue weighted by Gasteiger charge is -2.35. The van der Waals surface area contributed by atoms with Crippen LogP contribution in [0.15, 0.2) is 67.3 Å². The highest BCUT2D eigenvalue weighted by Crippen LogP contribution is 2.45. The van der Waals surface area contributed by atoms with Crippen molar-refractivity contribution in [3.8, 4) is 22.8 Å². The van der Waals surface area contributed by atoms with Crippen molar-refractivity contribution >= 4 is 44.9 Å². The van der Waals surface area contributed by atoms with E-state index in [0.29, 0.717) is 34.5 Å². The number of hydrogen-bond acceptors (Lipinski definition) is 10. The van der Waals surface area contributed by atoms with Gasteiger partial charge in [-0.05, 0) is 30.4 Å². The van der Waals surface area contributed by atoms with Gasteiger partial charge in [-0.15, -0.1) is 6.58 Å². The quantitative estimate of drug-likeness (QED) is 0.232. The number of ether oxygens (including phenoxy) is 3. The zero-order valence-corrected chi connectivity index (χ0v) is 31.8. The number of alkyl carbamates (subject to hydrolysis) is 1. The highest BCUT2D eigenvalue weighted by Gasteiger charge is 2.62. The molecular weight excluding hydrogens is 717 g/mol. The fourth-order valence-corrected chi connectivity index (χ4v) is 8.13. The van der Waals surface area contributed by atoms with Crippen molar-refractivity contribution in [2.24, 2.45) is 11.3 Å². The van der Waals surface area contributed by atoms with Crippen LogP contribution >= 0.6 is 0 Å². The van der Waals surface area contributed by atoms with Gasteiger partial charge >= 0.3 is 16.3 Å². The summed E-state index contributed by atoms with van der Waals surface area (Å²) in [5.41, 5.74) is -0.329. The molecule has 6 rings (SSSR count). The largest absolute Gasteiger partial charge is 0.497 e. The van der Waals surface area contributed by atoms with Crippen molar-refractivity contribution in [1.82, 2.24) is 29.5 Å². The molecule has 2 saturated heterocycles. The third-order valence-corrected chi connectivity index (χ3v) is 11.7. The Bertz CT molecular complexity index is 2070. The second-order valence-electron chi connectivity index (χ2n) is 14.9. The van der Waals surface area contributed by atoms with Gasteiger partial charge in [-0.25, -0.2) is 14.5 Å². The van der Waals surface area contributed by atoms with Crippen molar-refractivity contribution in [2.75, 3.05) is 33.9 Å². The number of aromatic nitrogens is 1. The van der Waals surface area contributed by atoms with E-state index < -0.39 is 69.1 Å². The molecule has 16 heteroatoms. The zero-order chi connectivity index (χ0) is 39.0. The van der Waals surface area contributed by atoms with Gasteiger partial charge in [0, 0.05) is 48.5 Å². The summed E-state index contributed by atoms with van der Waals surface area (Å²) >= 11 is 0. The minimum atomic E-state index is -4.11. The highest BCUT2D eigenvalue weighted by atomic mass is 32.2. The number of hydrogen-bond donors (Lipinski definition) is 3. The van der Waals surface area contributed by atoms with E-state index in [1.54, 1.807) is 46.1 Å². The van der Waals surface area contributed by atoms with Crippen molar-refractivity contribution in [2.45, 2.75) is 63.8 Å². The number of fused-ring (bicyclic) bond motifs is 1. The van der Waals surface area contributed by atoms with Crippen LogP contribution < -0.4 is 24.8 Å². The number of pyridine rings is 1. The summed E-state index contributed by atoms with van der Waals surface area (Å²) in [6, 6.07) is 14.5. The number of rotatable bonds is 12. The van der Waals surface area contributed by atoms with E-state index in [2.05, 4.69) is 21.9 Å². The molecule has 3 heterocycles. The van der Waals surface area contributed by atoms with Crippen molar-refractivity contribution < 1.29 is 41.8 Å². The molecule has 3 N–H and O–H groups in total. The van der Waals surface area contributed by atoms with Gasteiger partial charge in [-0.2, -0.15) is 12.7 Å². The second kappa shape index (κ2) is 14.9. The summed E-state index contributed by atoms with van der Waals surface area (Å²) in [6.07, 6.45) is 0.741. The van der Waals surface area contributed by atoms with Gasteiger partial charge in [-0.1, -0.05) is 57.2 Å². The van der Waals surface area contributed by atoms with E-state index >= 15 is 0 Å². The van der Waals surface area contributed by atoms with Crippen LogP contribution in [-0.2, 0) is 29.3 Å². The average Bonchev–Trinajstić information content (AvgIpc) is 3.67. The van der Waals surface area contributed by atoms with E-state index in [0.717, 1.165) is 9.87 Å². The number of nitrogens with one attached hydrogen (secondary N) is 3. The fourth-order valence-electron chi connectivity index (χ4n) is 6.84. The first kappa shape index (κ1) is 38.5. The first-order valence-electron chi connectivity index (χ1n) is 17.7. The van der Waals surface area contributed by atoms with Crippen molar-refractivity contribution in [3.05, 3.63) is 67.3 Å². The monoisotopic (exact) mass is 762 g/mol. The third kappa shape index (κ3) is 7.71. The van der Waals surface area contributed by atoms with Gasteiger partial charge in [0.2, 0.25) is 11.8 Å². The Morgan fingerprint density at radius 3 is 2.37 bits per heavy atom. The Labute approximate surface area is 314 Å². The Hall–Kier alpha value is -5.22. The number of nitrogens with zero attached hydrogens (tertiary/aromatic N) is 3. The summed E-state index contributed by atoms with van der Waals surface area (Å²) in [7, 11) is -1.36. The molecule has 1 unspecified atom stereocenters. The smallest absolute Gasteiger partial charge is 0.407 e. The molecule has 0 spiro atoms. The van der Waals surface area contributed by atoms with Crippen LogP contribution in [0.2, 0.25) is 0 Å². The van der Waals surface area contributed by atoms with Gasteiger partial charge in [0.25, 0.3) is 5.91 Å². The normalized spacial score (nSPS) is 23.1. The van der Waals surface area contributed by atoms with Gasteiger partial charge in [0.05, 0.1) is 32.0 Å². The lowest BCUT2D eigenvalue weighted by atomic mass is 9.85. The predicted octanol–water partition coefficient (Wildman–Crippen LogP) is 3.16. The Kier molecular flexibility index (Phi) is 10.6. The molecule has 3 aromatic rings. The van der Waals surface area contributed by atoms with E-state index in [4.69, 9.17) is 19.2 Å². The van der Waals surface area contributed by atoms with E-state index in [-0.39, 0.29) is 32.5 Å². The highest BCUT2D eigenvalue weighted by molar-refractivity contribution is 7.87. The lowest BCUT2D eigenvalue weighted by Crippen LogP contribution is -2.61. The molecule has 4 amide bonds. The summed E-state index contributed by atoms with van der Waals surface area (Å²) < 4.78 is 45.9. The van der Waals surface area contributed by atoms with E-state index in [1.807, 2.05) is 36.4 Å². The van der Waals surface area contributed by atoms with Crippen molar-refractivity contribution in [1.29, 1.82) is 0 Å². The molecule has 3 aliphatic rings. The lowest BCUT2D eigenvalue weighted by molar-refractivity contribution is -0.142. The van der Waals surface area contributed by atoms with Crippen LogP contribution in [0.1, 0.15) is 40.0 Å². The van der Waals surface area contributed by atoms with Gasteiger partial charge in [0.15, 0.2) is 0 Å². The van der Waals surface area contributed by atoms with Crippen LogP contribution in [-0.4, -0.2) is 104 Å². The van der Waals surface area contributed by atoms with Gasteiger partial charge in [0.1, 0.15) is 35.2 Å². The first-order chi connectivity index (χ1) is 25.6. The van der Waals surface area contributed by atoms with Crippen LogP contribution in [0.3, 0.4) is 0 Å². The summed E-state index contributed by atoms with van der Waals surface area (Å²) in [4.78, 5) is 61.0. The maximum absolute atomic E-state index is 14.4. The molecular formula is C38H46N6O9S. The molecule has 0 bridgehead atoms. The third-order valence-electron chi connectivity index (χ3n) is 10.2. The number of benzene rings is 2. The second-order valence-corrected chi connectivity index (χ2v) is 16.5. The molecule has 1 saturated carbocycles. The Morgan fingerprint density at radius 2 is 1.78 bits per heavy atom. The summed E-state index contributed by atoms with van der Waals surface area (Å²) in [5, 5.41) is 6.08. The Morgan fingerprint density at radius 1 is 1.06 bits per heavy atom. The molecule has 3 fully saturated rings. The van der Waals surface area contributed by atoms with Crippen molar-refractivity contribution in [3.63, 3.8) is 0 Å². The number of likely N-dealkylation sites (tertiary alicyclic amines) is 1. The molecule has 2 aliphatic heterocycles. The van der Waals surface area contributed by atoms with Crippen LogP contribution in [0.4, 0.5) is 4.79 Å². The first-order valence-corrected chi connectivity index (χ1v) is 19.2. The number of carbonyl (C=O) groups is 4. The minimum Gasteiger partial charge on any atom is -0.497 e. The molecule has 288 valence electrons. The topological polar surface area (TPSA) is 186 Å². The predicted molar refractivity (Wildman–Crippen MR) is 199 cm³/mol. The Balaban J connectivity index is 1.34. The number of carbonyl (C=O) groups excluding carboxylic acids is 4. The molecule has 0 radical (unpaired) electrons. The van der Waals surface area contributed by atoms with Gasteiger partial charge < -0.3 is 29.7 Å². The average molecular weight is 763 g/mol. The minimum absolute atomic E-state index is 0.00975. The maximum atomic E-state index is 14.4. The molecule has 1 aliphatic carbocycles. The molecule has 1 aromatic heterocycles. The molecule has 2 aromatic carbocycles. The fraction of sp³-hybridized carbons (Fsp3) is 0.447. The van der Waals surface area contributed by atoms with Crippen LogP contribution in [0, 0.1) is 11.3 Å². The van der Waals surface area contributed by atoms with Crippen LogP contribution in [0.5, 0.6) is 11.5 Å². The maximum Gasteiger partial charge on any atom is 0.407 e. The summed E-state index contributed by atoms with van der Waals surface area (Å²) in [6.45, 7) is 9.60. The number of methoxy groups -OCH3 is 2. The molecule has 5 atom stereocenters.